The van der Waals surface area contributed by atoms with Crippen molar-refractivity contribution >= 4 is 68.5 Å². The average molecular weight is 1150 g/mol. The molecule has 11 rings (SSSR count). The zero-order valence-electron chi connectivity index (χ0n) is 46.3. The van der Waals surface area contributed by atoms with Gasteiger partial charge in [0.05, 0.1) is 33.8 Å². The number of aryl methyl sites for hydroxylation is 2. The second-order valence-corrected chi connectivity index (χ2v) is 22.9. The number of halogens is 1. The highest BCUT2D eigenvalue weighted by atomic mass is 127. The van der Waals surface area contributed by atoms with E-state index in [2.05, 4.69) is 250 Å². The molecule has 0 amide bonds. The number of rotatable bonds is 15. The maximum atomic E-state index is 5.69. The summed E-state index contributed by atoms with van der Waals surface area (Å²) in [5, 5.41) is 2.27. The summed E-state index contributed by atoms with van der Waals surface area (Å²) in [5.74, 6) is 1.65. The molecular formula is C73H65IN6. The van der Waals surface area contributed by atoms with Crippen molar-refractivity contribution in [2.24, 2.45) is 15.0 Å². The zero-order valence-corrected chi connectivity index (χ0v) is 48.5. The van der Waals surface area contributed by atoms with E-state index in [0.717, 1.165) is 137 Å². The van der Waals surface area contributed by atoms with Gasteiger partial charge in [0.1, 0.15) is 0 Å². The van der Waals surface area contributed by atoms with E-state index in [9.17, 15) is 0 Å². The van der Waals surface area contributed by atoms with Gasteiger partial charge in [0.15, 0.2) is 17.5 Å². The molecule has 80 heavy (non-hydrogen) atoms. The summed E-state index contributed by atoms with van der Waals surface area (Å²) in [6, 6.07) is 77.7. The Bertz CT molecular complexity index is 3900. The Labute approximate surface area is 485 Å². The molecule has 0 spiro atoms. The van der Waals surface area contributed by atoms with Crippen molar-refractivity contribution in [2.75, 3.05) is 0 Å². The van der Waals surface area contributed by atoms with Crippen LogP contribution in [0.5, 0.6) is 0 Å². The summed E-state index contributed by atoms with van der Waals surface area (Å²) in [5.41, 5.74) is 18.2. The first-order valence-electron chi connectivity index (χ1n) is 28.0. The molecule has 0 N–H and O–H groups in total. The van der Waals surface area contributed by atoms with Crippen LogP contribution in [0.1, 0.15) is 88.1 Å². The molecule has 6 nitrogen and oxygen atoms in total. The summed E-state index contributed by atoms with van der Waals surface area (Å²) < 4.78 is 3.49. The van der Waals surface area contributed by atoms with Crippen molar-refractivity contribution in [3.8, 4) is 61.8 Å². The Kier molecular flexibility index (Phi) is 16.0. The van der Waals surface area contributed by atoms with Crippen molar-refractivity contribution in [1.29, 1.82) is 0 Å². The number of fused-ring (bicyclic) bond motifs is 3. The first kappa shape index (κ1) is 53.6. The fraction of sp³-hybridized carbons (Fsp3) is 0.164. The molecule has 0 aliphatic carbocycles. The van der Waals surface area contributed by atoms with Gasteiger partial charge in [-0.15, -0.1) is 0 Å². The lowest BCUT2D eigenvalue weighted by Gasteiger charge is -2.20. The quantitative estimate of drug-likeness (QED) is 0.0583. The van der Waals surface area contributed by atoms with Crippen molar-refractivity contribution < 1.29 is 0 Å². The lowest BCUT2D eigenvalue weighted by molar-refractivity contribution is 0.590. The lowest BCUT2D eigenvalue weighted by Crippen LogP contribution is -2.11. The van der Waals surface area contributed by atoms with Crippen LogP contribution in [0.4, 0.5) is 5.69 Å². The van der Waals surface area contributed by atoms with Gasteiger partial charge in [-0.25, -0.2) is 24.9 Å². The molecule has 0 atom stereocenters. The summed E-state index contributed by atoms with van der Waals surface area (Å²) in [6.07, 6.45) is 6.32. The van der Waals surface area contributed by atoms with Gasteiger partial charge in [-0.2, -0.15) is 0 Å². The van der Waals surface area contributed by atoms with E-state index < -0.39 is 0 Å². The number of amidine groups is 2. The van der Waals surface area contributed by atoms with Gasteiger partial charge < -0.3 is 4.57 Å². The van der Waals surface area contributed by atoms with Crippen LogP contribution >= 0.6 is 22.6 Å². The number of nitrogens with zero attached hydrogens (tertiary/aromatic N) is 6. The van der Waals surface area contributed by atoms with Gasteiger partial charge in [-0.1, -0.05) is 193 Å². The molecule has 0 aliphatic heterocycles. The predicted molar refractivity (Wildman–Crippen MR) is 347 cm³/mol. The van der Waals surface area contributed by atoms with Crippen LogP contribution in [0, 0.1) is 3.57 Å². The summed E-state index contributed by atoms with van der Waals surface area (Å²) in [7, 11) is 0. The summed E-state index contributed by atoms with van der Waals surface area (Å²) >= 11 is 2.42. The molecule has 2 aromatic heterocycles. The van der Waals surface area contributed by atoms with Gasteiger partial charge in [0, 0.05) is 42.2 Å². The van der Waals surface area contributed by atoms with Crippen LogP contribution in [0.25, 0.3) is 83.6 Å². The monoisotopic (exact) mass is 1150 g/mol. The zero-order chi connectivity index (χ0) is 55.2. The van der Waals surface area contributed by atoms with Crippen molar-refractivity contribution in [3.63, 3.8) is 0 Å². The first-order chi connectivity index (χ1) is 39.0. The Balaban J connectivity index is 1.21. The highest BCUT2D eigenvalue weighted by molar-refractivity contribution is 14.1. The van der Waals surface area contributed by atoms with E-state index in [4.69, 9.17) is 24.9 Å². The Morgan fingerprint density at radius 3 is 1.54 bits per heavy atom. The molecule has 2 heterocycles. The smallest absolute Gasteiger partial charge is 0.163 e. The predicted octanol–water partition coefficient (Wildman–Crippen LogP) is 19.7. The summed E-state index contributed by atoms with van der Waals surface area (Å²) in [4.78, 5) is 26.7. The van der Waals surface area contributed by atoms with Gasteiger partial charge in [0.2, 0.25) is 0 Å². The van der Waals surface area contributed by atoms with E-state index in [1.807, 2.05) is 36.4 Å². The van der Waals surface area contributed by atoms with Gasteiger partial charge in [0.25, 0.3) is 0 Å². The third-order valence-electron chi connectivity index (χ3n) is 14.9. The van der Waals surface area contributed by atoms with Crippen molar-refractivity contribution in [2.45, 2.75) is 78.6 Å². The number of benzene rings is 9. The van der Waals surface area contributed by atoms with Crippen LogP contribution < -0.4 is 0 Å². The van der Waals surface area contributed by atoms with E-state index in [-0.39, 0.29) is 5.41 Å². The van der Waals surface area contributed by atoms with Crippen molar-refractivity contribution in [1.82, 2.24) is 14.5 Å². The van der Waals surface area contributed by atoms with E-state index in [1.54, 1.807) is 0 Å². The molecule has 11 aromatic rings. The molecule has 0 unspecified atom stereocenters. The maximum absolute atomic E-state index is 5.69. The number of hydrogen-bond donors (Lipinski definition) is 0. The number of unbranched alkanes of at least 4 members (excludes halogenated alkanes) is 2. The fourth-order valence-electron chi connectivity index (χ4n) is 10.6. The second-order valence-electron chi connectivity index (χ2n) is 21.7. The molecule has 0 aliphatic rings. The molecule has 0 fully saturated rings. The first-order valence-corrected chi connectivity index (χ1v) is 29.0. The highest BCUT2D eigenvalue weighted by Crippen LogP contribution is 2.40. The number of aromatic nitrogens is 3. The largest absolute Gasteiger partial charge is 0.308 e. The van der Waals surface area contributed by atoms with Crippen LogP contribution in [0.15, 0.2) is 233 Å². The molecule has 0 saturated carbocycles. The minimum Gasteiger partial charge on any atom is -0.308 e. The molecule has 0 saturated heterocycles. The number of hydrogen-bond acceptors (Lipinski definition) is 3. The Morgan fingerprint density at radius 2 is 1.01 bits per heavy atom. The van der Waals surface area contributed by atoms with Crippen molar-refractivity contribution in [3.05, 3.63) is 250 Å². The molecule has 0 bridgehead atoms. The minimum atomic E-state index is -0.0980. The average Bonchev–Trinajstić information content (AvgIpc) is 3.87. The van der Waals surface area contributed by atoms with Crippen LogP contribution in [-0.4, -0.2) is 32.9 Å². The topological polar surface area (TPSA) is 67.8 Å². The normalized spacial score (nSPS) is 12.1. The van der Waals surface area contributed by atoms with E-state index >= 15 is 0 Å². The summed E-state index contributed by atoms with van der Waals surface area (Å²) in [6.45, 7) is 15.6. The minimum absolute atomic E-state index is 0.0980. The fourth-order valence-corrected chi connectivity index (χ4v) is 11.3. The SMILES string of the molecule is C=NC(=NC(=Nc1cc(I)cc(C(C)(C)C)c1)c1cc(CCCC)cc(CCCC)c1)c1cc(-c2cc(-c3ccccc3)nc(-c3ccccc3)n2)ccc1-n1c2ccc(-c3ccccc3)cc2c2cc(-c3ccccc3)ccc21. The number of aliphatic imine (C=N–C) groups is 3. The maximum Gasteiger partial charge on any atom is 0.163 e. The third-order valence-corrected chi connectivity index (χ3v) is 15.5. The van der Waals surface area contributed by atoms with Crippen LogP contribution in [-0.2, 0) is 18.3 Å². The van der Waals surface area contributed by atoms with Crippen LogP contribution in [0.3, 0.4) is 0 Å². The second kappa shape index (κ2) is 23.9. The van der Waals surface area contributed by atoms with E-state index in [1.165, 1.54) is 16.7 Å². The third kappa shape index (κ3) is 11.8. The molecule has 0 radical (unpaired) electrons. The lowest BCUT2D eigenvalue weighted by atomic mass is 9.87. The van der Waals surface area contributed by atoms with Crippen LogP contribution in [0.2, 0.25) is 0 Å². The Morgan fingerprint density at radius 1 is 0.500 bits per heavy atom. The highest BCUT2D eigenvalue weighted by Gasteiger charge is 2.23. The Hall–Kier alpha value is -8.40. The molecular weight excluding hydrogens is 1090 g/mol. The van der Waals surface area contributed by atoms with Gasteiger partial charge in [-0.05, 0) is 172 Å². The standard InChI is InChI=1S/C73H65IN6/c1-7-9-23-49-39-50(24-10-8-2)41-58(40-49)71(76-61-46-59(73(3,4)5)45-60(74)47-61)79-72(75-6)64-44-57(66-48-65(53-29-19-13-20-30-53)77-70(78-66)54-31-21-14-22-32-54)35-38-69(64)80-67-36-33-55(51-25-15-11-16-26-51)42-62(67)63-43-56(34-37-68(63)80)52-27-17-12-18-28-52/h11-22,25-48H,6-10,23-24H2,1-5H3. The molecule has 394 valence electrons. The van der Waals surface area contributed by atoms with Gasteiger partial charge in [-0.3, -0.25) is 0 Å². The molecule has 7 heteroatoms. The van der Waals surface area contributed by atoms with Gasteiger partial charge >= 0.3 is 0 Å². The van der Waals surface area contributed by atoms with E-state index in [0.29, 0.717) is 17.5 Å². The molecule has 9 aromatic carbocycles.